The normalized spacial score (nSPS) is 12.1. The second-order valence-electron chi connectivity index (χ2n) is 4.45. The molecule has 106 valence electrons. The van der Waals surface area contributed by atoms with E-state index in [-0.39, 0.29) is 13.0 Å². The van der Waals surface area contributed by atoms with Crippen molar-refractivity contribution in [3.63, 3.8) is 0 Å². The summed E-state index contributed by atoms with van der Waals surface area (Å²) >= 11 is 0. The van der Waals surface area contributed by atoms with E-state index in [0.717, 1.165) is 10.8 Å². The molecule has 1 N–H and O–H groups in total. The first-order valence-electron chi connectivity index (χ1n) is 6.65. The number of hydrogen-bond donors (Lipinski definition) is 1. The van der Waals surface area contributed by atoms with Gasteiger partial charge in [0.2, 0.25) is 0 Å². The van der Waals surface area contributed by atoms with Crippen molar-refractivity contribution < 1.29 is 19.4 Å². The molecule has 4 heteroatoms. The predicted molar refractivity (Wildman–Crippen MR) is 76.7 cm³/mol. The maximum atomic E-state index is 11.2. The van der Waals surface area contributed by atoms with E-state index in [9.17, 15) is 9.90 Å². The first-order chi connectivity index (χ1) is 9.70. The Bertz CT molecular complexity index is 574. The van der Waals surface area contributed by atoms with Gasteiger partial charge in [-0.3, -0.25) is 4.79 Å². The summed E-state index contributed by atoms with van der Waals surface area (Å²) in [5.41, 5.74) is 0. The van der Waals surface area contributed by atoms with E-state index in [1.807, 2.05) is 42.5 Å². The lowest BCUT2D eigenvalue weighted by Crippen LogP contribution is -2.22. The van der Waals surface area contributed by atoms with Gasteiger partial charge >= 0.3 is 5.97 Å². The lowest BCUT2D eigenvalue weighted by molar-refractivity contribution is -0.145. The van der Waals surface area contributed by atoms with Crippen LogP contribution in [0.5, 0.6) is 5.75 Å². The molecule has 0 saturated heterocycles. The van der Waals surface area contributed by atoms with Crippen molar-refractivity contribution in [2.45, 2.75) is 19.4 Å². The summed E-state index contributed by atoms with van der Waals surface area (Å²) in [4.78, 5) is 11.2. The van der Waals surface area contributed by atoms with Crippen molar-refractivity contribution in [1.82, 2.24) is 0 Å². The van der Waals surface area contributed by atoms with Gasteiger partial charge in [-0.25, -0.2) is 0 Å². The molecule has 4 nitrogen and oxygen atoms in total. The summed E-state index contributed by atoms with van der Waals surface area (Å²) in [6, 6.07) is 13.6. The van der Waals surface area contributed by atoms with Gasteiger partial charge in [-0.05, 0) is 18.4 Å². The zero-order valence-corrected chi connectivity index (χ0v) is 11.4. The van der Waals surface area contributed by atoms with Gasteiger partial charge in [-0.1, -0.05) is 36.4 Å². The Labute approximate surface area is 117 Å². The second kappa shape index (κ2) is 6.91. The van der Waals surface area contributed by atoms with Crippen molar-refractivity contribution in [1.29, 1.82) is 0 Å². The van der Waals surface area contributed by atoms with Crippen molar-refractivity contribution in [2.24, 2.45) is 0 Å². The fourth-order valence-electron chi connectivity index (χ4n) is 1.98. The third kappa shape index (κ3) is 3.71. The van der Waals surface area contributed by atoms with E-state index in [1.54, 1.807) is 6.92 Å². The minimum Gasteiger partial charge on any atom is -0.490 e. The van der Waals surface area contributed by atoms with Crippen LogP contribution in [0.1, 0.15) is 13.3 Å². The lowest BCUT2D eigenvalue weighted by atomic mass is 10.1. The summed E-state index contributed by atoms with van der Waals surface area (Å²) in [6.45, 7) is 2.11. The van der Waals surface area contributed by atoms with E-state index < -0.39 is 12.1 Å². The molecule has 0 aliphatic rings. The molecule has 0 aliphatic heterocycles. The molecular weight excluding hydrogens is 256 g/mol. The first kappa shape index (κ1) is 14.3. The molecule has 0 aromatic heterocycles. The highest BCUT2D eigenvalue weighted by Gasteiger charge is 2.13. The van der Waals surface area contributed by atoms with E-state index >= 15 is 0 Å². The number of hydrogen-bond acceptors (Lipinski definition) is 4. The summed E-state index contributed by atoms with van der Waals surface area (Å²) in [5, 5.41) is 11.8. The molecular formula is C16H18O4. The number of benzene rings is 2. The number of rotatable bonds is 6. The minimum absolute atomic E-state index is 0.0569. The molecule has 0 amide bonds. The van der Waals surface area contributed by atoms with Crippen molar-refractivity contribution in [3.05, 3.63) is 42.5 Å². The third-order valence-corrected chi connectivity index (χ3v) is 2.89. The first-order valence-corrected chi connectivity index (χ1v) is 6.65. The molecule has 2 aromatic carbocycles. The molecule has 0 saturated carbocycles. The number of carbonyl (C=O) groups excluding carboxylic acids is 1. The lowest BCUT2D eigenvalue weighted by Gasteiger charge is -2.13. The van der Waals surface area contributed by atoms with Crippen LogP contribution < -0.4 is 4.74 Å². The van der Waals surface area contributed by atoms with Crippen LogP contribution in [0.25, 0.3) is 10.8 Å². The molecule has 0 bridgehead atoms. The molecule has 1 atom stereocenters. The molecule has 1 unspecified atom stereocenters. The third-order valence-electron chi connectivity index (χ3n) is 2.89. The SMILES string of the molecule is CCOC(=O)CC(O)COc1cccc2ccccc12. The van der Waals surface area contributed by atoms with Gasteiger partial charge in [0.15, 0.2) is 0 Å². The summed E-state index contributed by atoms with van der Waals surface area (Å²) < 4.78 is 10.4. The fraction of sp³-hybridized carbons (Fsp3) is 0.312. The van der Waals surface area contributed by atoms with E-state index in [2.05, 4.69) is 0 Å². The van der Waals surface area contributed by atoms with Crippen LogP contribution in [0.2, 0.25) is 0 Å². The summed E-state index contributed by atoms with van der Waals surface area (Å²) in [5.74, 6) is 0.285. The topological polar surface area (TPSA) is 55.8 Å². The number of esters is 1. The zero-order chi connectivity index (χ0) is 14.4. The highest BCUT2D eigenvalue weighted by atomic mass is 16.5. The molecule has 0 aliphatic carbocycles. The van der Waals surface area contributed by atoms with E-state index in [1.165, 1.54) is 0 Å². The minimum atomic E-state index is -0.868. The smallest absolute Gasteiger partial charge is 0.308 e. The summed E-state index contributed by atoms with van der Waals surface area (Å²) in [7, 11) is 0. The van der Waals surface area contributed by atoms with Gasteiger partial charge in [-0.15, -0.1) is 0 Å². The predicted octanol–water partition coefficient (Wildman–Crippen LogP) is 2.53. The van der Waals surface area contributed by atoms with Crippen molar-refractivity contribution >= 4 is 16.7 Å². The van der Waals surface area contributed by atoms with Gasteiger partial charge in [0.25, 0.3) is 0 Å². The van der Waals surface area contributed by atoms with Crippen LogP contribution in [0.3, 0.4) is 0 Å². The number of aliphatic hydroxyl groups is 1. The van der Waals surface area contributed by atoms with E-state index in [0.29, 0.717) is 12.4 Å². The van der Waals surface area contributed by atoms with Crippen molar-refractivity contribution in [2.75, 3.05) is 13.2 Å². The Morgan fingerprint density at radius 1 is 1.20 bits per heavy atom. The number of ether oxygens (including phenoxy) is 2. The second-order valence-corrected chi connectivity index (χ2v) is 4.45. The van der Waals surface area contributed by atoms with Crippen LogP contribution in [0.4, 0.5) is 0 Å². The van der Waals surface area contributed by atoms with Gasteiger partial charge < -0.3 is 14.6 Å². The van der Waals surface area contributed by atoms with Gasteiger partial charge in [0.1, 0.15) is 12.4 Å². The van der Waals surface area contributed by atoms with Crippen LogP contribution >= 0.6 is 0 Å². The molecule has 0 spiro atoms. The van der Waals surface area contributed by atoms with Gasteiger partial charge in [0.05, 0.1) is 19.1 Å². The summed E-state index contributed by atoms with van der Waals surface area (Å²) in [6.07, 6.45) is -0.925. The number of aliphatic hydroxyl groups excluding tert-OH is 1. The fourth-order valence-corrected chi connectivity index (χ4v) is 1.98. The quantitative estimate of drug-likeness (QED) is 0.822. The highest BCUT2D eigenvalue weighted by molar-refractivity contribution is 5.88. The molecule has 2 rings (SSSR count). The Morgan fingerprint density at radius 3 is 2.75 bits per heavy atom. The average molecular weight is 274 g/mol. The zero-order valence-electron chi connectivity index (χ0n) is 11.4. The Hall–Kier alpha value is -2.07. The van der Waals surface area contributed by atoms with E-state index in [4.69, 9.17) is 9.47 Å². The molecule has 0 radical (unpaired) electrons. The average Bonchev–Trinajstić information content (AvgIpc) is 2.45. The van der Waals surface area contributed by atoms with Crippen molar-refractivity contribution in [3.8, 4) is 5.75 Å². The molecule has 2 aromatic rings. The van der Waals surface area contributed by atoms with Crippen LogP contribution in [0.15, 0.2) is 42.5 Å². The number of carbonyl (C=O) groups is 1. The Kier molecular flexibility index (Phi) is 4.96. The Balaban J connectivity index is 1.97. The molecule has 0 fully saturated rings. The van der Waals surface area contributed by atoms with Gasteiger partial charge in [-0.2, -0.15) is 0 Å². The molecule has 0 heterocycles. The van der Waals surface area contributed by atoms with Crippen LogP contribution in [-0.4, -0.2) is 30.4 Å². The van der Waals surface area contributed by atoms with Crippen LogP contribution in [0, 0.1) is 0 Å². The highest BCUT2D eigenvalue weighted by Crippen LogP contribution is 2.25. The molecule has 20 heavy (non-hydrogen) atoms. The Morgan fingerprint density at radius 2 is 1.95 bits per heavy atom. The van der Waals surface area contributed by atoms with Crippen LogP contribution in [-0.2, 0) is 9.53 Å². The standard InChI is InChI=1S/C16H18O4/c1-2-19-16(18)10-13(17)11-20-15-9-5-7-12-6-3-4-8-14(12)15/h3-9,13,17H,2,10-11H2,1H3. The maximum Gasteiger partial charge on any atom is 0.308 e. The largest absolute Gasteiger partial charge is 0.490 e. The van der Waals surface area contributed by atoms with Gasteiger partial charge in [0, 0.05) is 5.39 Å². The monoisotopic (exact) mass is 274 g/mol. The maximum absolute atomic E-state index is 11.2. The number of fused-ring (bicyclic) bond motifs is 1.